The van der Waals surface area contributed by atoms with E-state index in [-0.39, 0.29) is 28.8 Å². The monoisotopic (exact) mass is 238 g/mol. The first-order valence-electron chi connectivity index (χ1n) is 5.57. The van der Waals surface area contributed by atoms with Crippen LogP contribution < -0.4 is 4.74 Å². The highest BCUT2D eigenvalue weighted by Crippen LogP contribution is 2.38. The Labute approximate surface area is 101 Å². The molecule has 4 nitrogen and oxygen atoms in total. The normalized spacial score (nSPS) is 12.2. The number of benzene rings is 1. The second kappa shape index (κ2) is 5.08. The van der Waals surface area contributed by atoms with E-state index >= 15 is 0 Å². The van der Waals surface area contributed by atoms with Gasteiger partial charge < -0.3 is 14.9 Å². The van der Waals surface area contributed by atoms with E-state index in [9.17, 15) is 15.0 Å². The number of carbonyl (C=O) groups excluding carboxylic acids is 1. The van der Waals surface area contributed by atoms with Gasteiger partial charge in [0.1, 0.15) is 22.8 Å². The summed E-state index contributed by atoms with van der Waals surface area (Å²) in [6.07, 6.45) is 0.656. The van der Waals surface area contributed by atoms with Crippen molar-refractivity contribution in [3.63, 3.8) is 0 Å². The number of ether oxygens (including phenoxy) is 1. The largest absolute Gasteiger partial charge is 0.507 e. The molecule has 0 saturated carbocycles. The van der Waals surface area contributed by atoms with E-state index in [1.807, 2.05) is 6.92 Å². The summed E-state index contributed by atoms with van der Waals surface area (Å²) in [6, 6.07) is 1.35. The molecule has 0 aromatic heterocycles. The molecule has 0 heterocycles. The van der Waals surface area contributed by atoms with Crippen molar-refractivity contribution >= 4 is 5.78 Å². The lowest BCUT2D eigenvalue weighted by Gasteiger charge is -2.14. The minimum Gasteiger partial charge on any atom is -0.507 e. The van der Waals surface area contributed by atoms with Crippen molar-refractivity contribution < 1.29 is 19.7 Å². The van der Waals surface area contributed by atoms with Crippen LogP contribution in [0.5, 0.6) is 17.2 Å². The van der Waals surface area contributed by atoms with Crippen molar-refractivity contribution in [2.24, 2.45) is 5.92 Å². The number of Topliss-reactive ketones (excluding diaryl/α,β-unsaturated/α-hetero) is 1. The first kappa shape index (κ1) is 13.4. The average Bonchev–Trinajstić information content (AvgIpc) is 2.32. The minimum atomic E-state index is -0.256. The van der Waals surface area contributed by atoms with Gasteiger partial charge in [-0.15, -0.1) is 0 Å². The third-order valence-electron chi connectivity index (χ3n) is 3.01. The minimum absolute atomic E-state index is 0.0161. The Kier molecular flexibility index (Phi) is 3.99. The predicted molar refractivity (Wildman–Crippen MR) is 64.8 cm³/mol. The van der Waals surface area contributed by atoms with Crippen LogP contribution in [0.25, 0.3) is 0 Å². The van der Waals surface area contributed by atoms with Crippen molar-refractivity contribution in [2.75, 3.05) is 7.11 Å². The zero-order valence-electron chi connectivity index (χ0n) is 10.6. The van der Waals surface area contributed by atoms with Crippen LogP contribution in [0.4, 0.5) is 0 Å². The Morgan fingerprint density at radius 1 is 1.47 bits per heavy atom. The number of aromatic hydroxyl groups is 2. The quantitative estimate of drug-likeness (QED) is 0.791. The van der Waals surface area contributed by atoms with Gasteiger partial charge in [0.2, 0.25) is 0 Å². The molecule has 1 aromatic rings. The van der Waals surface area contributed by atoms with E-state index < -0.39 is 0 Å². The van der Waals surface area contributed by atoms with Crippen LogP contribution in [0.2, 0.25) is 0 Å². The number of phenols is 2. The lowest BCUT2D eigenvalue weighted by atomic mass is 9.94. The van der Waals surface area contributed by atoms with E-state index in [1.165, 1.54) is 13.2 Å². The van der Waals surface area contributed by atoms with Gasteiger partial charge in [0.05, 0.1) is 7.11 Å². The second-order valence-corrected chi connectivity index (χ2v) is 4.12. The first-order chi connectivity index (χ1) is 7.93. The maximum absolute atomic E-state index is 12.0. The molecular formula is C13H18O4. The number of methoxy groups -OCH3 is 1. The van der Waals surface area contributed by atoms with Crippen molar-refractivity contribution in [1.29, 1.82) is 0 Å². The fraction of sp³-hybridized carbons (Fsp3) is 0.462. The average molecular weight is 238 g/mol. The highest BCUT2D eigenvalue weighted by Gasteiger charge is 2.24. The molecule has 4 heteroatoms. The third-order valence-corrected chi connectivity index (χ3v) is 3.01. The molecule has 0 spiro atoms. The molecule has 1 aromatic carbocycles. The zero-order valence-corrected chi connectivity index (χ0v) is 10.6. The van der Waals surface area contributed by atoms with E-state index in [0.717, 1.165) is 0 Å². The highest BCUT2D eigenvalue weighted by molar-refractivity contribution is 6.03. The Bertz CT molecular complexity index is 438. The molecule has 0 aliphatic heterocycles. The standard InChI is InChI=1S/C13H18O4/c1-5-7(2)12(15)11-9(14)6-10(17-4)8(3)13(11)16/h6-7,14,16H,5H2,1-4H3/t7-/m1/s1. The molecule has 0 bridgehead atoms. The van der Waals surface area contributed by atoms with Crippen molar-refractivity contribution in [2.45, 2.75) is 27.2 Å². The Hall–Kier alpha value is -1.71. The molecule has 1 atom stereocenters. The summed E-state index contributed by atoms with van der Waals surface area (Å²) >= 11 is 0. The van der Waals surface area contributed by atoms with Crippen molar-refractivity contribution in [3.05, 3.63) is 17.2 Å². The maximum atomic E-state index is 12.0. The van der Waals surface area contributed by atoms with Crippen LogP contribution in [-0.2, 0) is 0 Å². The molecule has 0 saturated heterocycles. The molecule has 0 amide bonds. The number of hydrogen-bond donors (Lipinski definition) is 2. The lowest BCUT2D eigenvalue weighted by molar-refractivity contribution is 0.0921. The first-order valence-corrected chi connectivity index (χ1v) is 5.57. The van der Waals surface area contributed by atoms with E-state index in [2.05, 4.69) is 0 Å². The van der Waals surface area contributed by atoms with E-state index in [1.54, 1.807) is 13.8 Å². The van der Waals surface area contributed by atoms with Gasteiger partial charge >= 0.3 is 0 Å². The number of rotatable bonds is 4. The van der Waals surface area contributed by atoms with E-state index in [4.69, 9.17) is 4.74 Å². The van der Waals surface area contributed by atoms with Gasteiger partial charge in [-0.05, 0) is 13.3 Å². The molecule has 0 aliphatic rings. The summed E-state index contributed by atoms with van der Waals surface area (Å²) in [5.74, 6) is -0.573. The Balaban J connectivity index is 3.35. The van der Waals surface area contributed by atoms with Gasteiger partial charge in [-0.1, -0.05) is 13.8 Å². The molecule has 0 fully saturated rings. The Morgan fingerprint density at radius 3 is 2.53 bits per heavy atom. The summed E-state index contributed by atoms with van der Waals surface area (Å²) in [7, 11) is 1.44. The van der Waals surface area contributed by atoms with Crippen molar-refractivity contribution in [3.8, 4) is 17.2 Å². The zero-order chi connectivity index (χ0) is 13.2. The smallest absolute Gasteiger partial charge is 0.173 e. The molecule has 17 heavy (non-hydrogen) atoms. The van der Waals surface area contributed by atoms with Gasteiger partial charge in [0.25, 0.3) is 0 Å². The summed E-state index contributed by atoms with van der Waals surface area (Å²) in [4.78, 5) is 12.0. The Morgan fingerprint density at radius 2 is 2.06 bits per heavy atom. The van der Waals surface area contributed by atoms with Crippen LogP contribution in [-0.4, -0.2) is 23.1 Å². The number of hydrogen-bond acceptors (Lipinski definition) is 4. The summed E-state index contributed by atoms with van der Waals surface area (Å²) in [5, 5.41) is 19.7. The van der Waals surface area contributed by atoms with Crippen LogP contribution in [0.15, 0.2) is 6.07 Å². The van der Waals surface area contributed by atoms with Crippen molar-refractivity contribution in [1.82, 2.24) is 0 Å². The van der Waals surface area contributed by atoms with Crippen LogP contribution in [0, 0.1) is 12.8 Å². The second-order valence-electron chi connectivity index (χ2n) is 4.12. The molecule has 94 valence electrons. The maximum Gasteiger partial charge on any atom is 0.173 e. The fourth-order valence-electron chi connectivity index (χ4n) is 1.62. The van der Waals surface area contributed by atoms with Gasteiger partial charge in [0.15, 0.2) is 5.78 Å². The number of phenolic OH excluding ortho intramolecular Hbond substituents is 2. The summed E-state index contributed by atoms with van der Waals surface area (Å²) in [5.41, 5.74) is 0.439. The topological polar surface area (TPSA) is 66.8 Å². The predicted octanol–water partition coefficient (Wildman–Crippen LogP) is 2.64. The molecule has 0 unspecified atom stereocenters. The lowest BCUT2D eigenvalue weighted by Crippen LogP contribution is -2.11. The third kappa shape index (κ3) is 2.35. The highest BCUT2D eigenvalue weighted by atomic mass is 16.5. The van der Waals surface area contributed by atoms with Gasteiger partial charge in [-0.3, -0.25) is 4.79 Å². The number of carbonyl (C=O) groups is 1. The van der Waals surface area contributed by atoms with Crippen LogP contribution >= 0.6 is 0 Å². The van der Waals surface area contributed by atoms with Gasteiger partial charge in [-0.25, -0.2) is 0 Å². The van der Waals surface area contributed by atoms with Crippen LogP contribution in [0.3, 0.4) is 0 Å². The molecule has 2 N–H and O–H groups in total. The number of ketones is 1. The van der Waals surface area contributed by atoms with E-state index in [0.29, 0.717) is 17.7 Å². The fourth-order valence-corrected chi connectivity index (χ4v) is 1.62. The molecular weight excluding hydrogens is 220 g/mol. The van der Waals surface area contributed by atoms with Crippen LogP contribution in [0.1, 0.15) is 36.2 Å². The van der Waals surface area contributed by atoms with Gasteiger partial charge in [-0.2, -0.15) is 0 Å². The summed E-state index contributed by atoms with van der Waals surface area (Å²) in [6.45, 7) is 5.29. The molecule has 1 rings (SSSR count). The molecule has 0 aliphatic carbocycles. The van der Waals surface area contributed by atoms with Gasteiger partial charge in [0, 0.05) is 17.5 Å². The molecule has 0 radical (unpaired) electrons. The SMILES string of the molecule is CC[C@@H](C)C(=O)c1c(O)cc(OC)c(C)c1O. The summed E-state index contributed by atoms with van der Waals surface area (Å²) < 4.78 is 5.00.